The Bertz CT molecular complexity index is 1490. The first-order chi connectivity index (χ1) is 36.0. The molecule has 0 aliphatic rings. The second kappa shape index (κ2) is 60.6. The Kier molecular flexibility index (Phi) is 57.4. The molecule has 6 nitrogen and oxygen atoms in total. The smallest absolute Gasteiger partial charge is 0.310 e. The van der Waals surface area contributed by atoms with Gasteiger partial charge in [0.05, 0.1) is 6.42 Å². The third kappa shape index (κ3) is 58.8. The average molecular weight is 1010 g/mol. The summed E-state index contributed by atoms with van der Waals surface area (Å²) >= 11 is 0. The number of unbranched alkanes of at least 4 members (excludes halogenated alkanes) is 26. The van der Waals surface area contributed by atoms with E-state index in [0.29, 0.717) is 12.8 Å². The van der Waals surface area contributed by atoms with Crippen LogP contribution < -0.4 is 0 Å². The monoisotopic (exact) mass is 1010 g/mol. The zero-order valence-electron chi connectivity index (χ0n) is 47.6. The number of allylic oxidation sites excluding steroid dienone is 17. The van der Waals surface area contributed by atoms with Crippen molar-refractivity contribution in [1.29, 1.82) is 0 Å². The highest BCUT2D eigenvalue weighted by molar-refractivity contribution is 5.72. The first-order valence-corrected chi connectivity index (χ1v) is 30.4. The molecule has 0 aliphatic carbocycles. The molecule has 0 spiro atoms. The lowest BCUT2D eigenvalue weighted by molar-refractivity contribution is -0.166. The van der Waals surface area contributed by atoms with Gasteiger partial charge in [0.1, 0.15) is 13.2 Å². The second-order valence-corrected chi connectivity index (χ2v) is 19.9. The van der Waals surface area contributed by atoms with Crippen LogP contribution in [0.15, 0.2) is 109 Å². The highest BCUT2D eigenvalue weighted by Crippen LogP contribution is 2.16. The molecule has 1 unspecified atom stereocenters. The molecule has 0 saturated carbocycles. The van der Waals surface area contributed by atoms with Gasteiger partial charge in [-0.3, -0.25) is 14.4 Å². The van der Waals surface area contributed by atoms with E-state index < -0.39 is 12.1 Å². The fourth-order valence-electron chi connectivity index (χ4n) is 8.33. The van der Waals surface area contributed by atoms with Crippen LogP contribution in [-0.4, -0.2) is 37.2 Å². The number of carbonyl (C=O) groups is 3. The van der Waals surface area contributed by atoms with E-state index in [1.165, 1.54) is 141 Å². The number of ether oxygens (including phenoxy) is 3. The first kappa shape index (κ1) is 69.1. The molecule has 0 aromatic heterocycles. The number of hydrogen-bond acceptors (Lipinski definition) is 6. The van der Waals surface area contributed by atoms with Crippen LogP contribution in [0.4, 0.5) is 0 Å². The predicted molar refractivity (Wildman–Crippen MR) is 316 cm³/mol. The normalized spacial score (nSPS) is 12.9. The van der Waals surface area contributed by atoms with Gasteiger partial charge in [-0.25, -0.2) is 0 Å². The van der Waals surface area contributed by atoms with Crippen molar-refractivity contribution in [3.63, 3.8) is 0 Å². The van der Waals surface area contributed by atoms with Gasteiger partial charge < -0.3 is 14.2 Å². The van der Waals surface area contributed by atoms with Gasteiger partial charge >= 0.3 is 17.9 Å². The van der Waals surface area contributed by atoms with Gasteiger partial charge in [0.25, 0.3) is 0 Å². The molecule has 0 heterocycles. The molecule has 6 heteroatoms. The van der Waals surface area contributed by atoms with Gasteiger partial charge in [-0.1, -0.05) is 284 Å². The zero-order chi connectivity index (χ0) is 52.9. The summed E-state index contributed by atoms with van der Waals surface area (Å²) in [7, 11) is 0. The van der Waals surface area contributed by atoms with Crippen LogP contribution in [0, 0.1) is 0 Å². The maximum atomic E-state index is 12.8. The van der Waals surface area contributed by atoms with Crippen LogP contribution in [0.3, 0.4) is 0 Å². The van der Waals surface area contributed by atoms with Gasteiger partial charge in [0.2, 0.25) is 0 Å². The van der Waals surface area contributed by atoms with E-state index in [2.05, 4.69) is 118 Å². The number of carbonyl (C=O) groups excluding carboxylic acids is 3. The minimum Gasteiger partial charge on any atom is -0.462 e. The highest BCUT2D eigenvalue weighted by atomic mass is 16.6. The maximum absolute atomic E-state index is 12.8. The third-order valence-corrected chi connectivity index (χ3v) is 12.8. The number of hydrogen-bond donors (Lipinski definition) is 0. The van der Waals surface area contributed by atoms with Crippen LogP contribution in [0.25, 0.3) is 0 Å². The lowest BCUT2D eigenvalue weighted by Crippen LogP contribution is -2.30. The van der Waals surface area contributed by atoms with Crippen molar-refractivity contribution in [3.05, 3.63) is 109 Å². The maximum Gasteiger partial charge on any atom is 0.310 e. The lowest BCUT2D eigenvalue weighted by Gasteiger charge is -2.18. The van der Waals surface area contributed by atoms with Crippen molar-refractivity contribution >= 4 is 17.9 Å². The van der Waals surface area contributed by atoms with E-state index in [1.807, 2.05) is 6.08 Å². The van der Waals surface area contributed by atoms with Crippen LogP contribution in [0.2, 0.25) is 0 Å². The molecule has 0 aromatic rings. The number of rotatable bonds is 54. The molecule has 0 amide bonds. The Balaban J connectivity index is 4.16. The van der Waals surface area contributed by atoms with Gasteiger partial charge in [-0.2, -0.15) is 0 Å². The summed E-state index contributed by atoms with van der Waals surface area (Å²) < 4.78 is 16.7. The van der Waals surface area contributed by atoms with Crippen LogP contribution in [0.5, 0.6) is 0 Å². The zero-order valence-corrected chi connectivity index (χ0v) is 47.6. The molecule has 0 fully saturated rings. The van der Waals surface area contributed by atoms with E-state index in [4.69, 9.17) is 14.2 Å². The summed E-state index contributed by atoms with van der Waals surface area (Å²) in [6.07, 6.45) is 82.9. The van der Waals surface area contributed by atoms with Gasteiger partial charge in [-0.15, -0.1) is 0 Å². The van der Waals surface area contributed by atoms with E-state index in [1.54, 1.807) is 6.08 Å². The summed E-state index contributed by atoms with van der Waals surface area (Å²) in [6.45, 7) is 6.32. The Morgan fingerprint density at radius 3 is 0.904 bits per heavy atom. The van der Waals surface area contributed by atoms with E-state index >= 15 is 0 Å². The SMILES string of the molecule is CC/C=C\C/C=C\C/C=C\C/C=C\C/C=C\CC(=O)OC(COC(=O)CCCCCCCCCCC)COC(=O)CCCCCCCCCCCCCCCCCCCC/C=C\C/C=C\C/C=C\C/C=C\CC. The predicted octanol–water partition coefficient (Wildman–Crippen LogP) is 20.7. The molecule has 1 atom stereocenters. The first-order valence-electron chi connectivity index (χ1n) is 30.4. The van der Waals surface area contributed by atoms with Crippen molar-refractivity contribution in [2.24, 2.45) is 0 Å². The van der Waals surface area contributed by atoms with Gasteiger partial charge in [-0.05, 0) is 83.5 Å². The third-order valence-electron chi connectivity index (χ3n) is 12.8. The van der Waals surface area contributed by atoms with Crippen molar-refractivity contribution in [2.75, 3.05) is 13.2 Å². The molecule has 0 bridgehead atoms. The van der Waals surface area contributed by atoms with Gasteiger partial charge in [0.15, 0.2) is 6.10 Å². The van der Waals surface area contributed by atoms with E-state index in [-0.39, 0.29) is 31.6 Å². The quantitative estimate of drug-likeness (QED) is 0.0261. The van der Waals surface area contributed by atoms with Crippen molar-refractivity contribution in [1.82, 2.24) is 0 Å². The largest absolute Gasteiger partial charge is 0.462 e. The lowest BCUT2D eigenvalue weighted by atomic mass is 10.0. The fraction of sp³-hybridized carbons (Fsp3) is 0.687. The van der Waals surface area contributed by atoms with E-state index in [9.17, 15) is 14.4 Å². The number of esters is 3. The van der Waals surface area contributed by atoms with Crippen LogP contribution in [-0.2, 0) is 28.6 Å². The Hall–Kier alpha value is -3.93. The molecule has 0 rings (SSSR count). The highest BCUT2D eigenvalue weighted by Gasteiger charge is 2.19. The molecule has 0 N–H and O–H groups in total. The molecular formula is C67H112O6. The topological polar surface area (TPSA) is 78.9 Å². The Morgan fingerprint density at radius 2 is 0.575 bits per heavy atom. The molecular weight excluding hydrogens is 901 g/mol. The molecule has 416 valence electrons. The fourth-order valence-corrected chi connectivity index (χ4v) is 8.33. The summed E-state index contributed by atoms with van der Waals surface area (Å²) in [4.78, 5) is 38.0. The van der Waals surface area contributed by atoms with Crippen molar-refractivity contribution < 1.29 is 28.6 Å². The standard InChI is InChI=1S/C67H112O6/c1-4-7-10-13-16-19-21-23-25-26-27-28-29-30-31-32-33-34-35-36-37-38-39-40-42-43-45-48-51-54-57-60-66(69)72-63-64(62-71-65(68)59-56-53-50-47-18-15-12-9-6-3)73-67(70)61-58-55-52-49-46-44-41-24-22-20-17-14-11-8-5-2/h7-8,10-11,16-17,19-20,23-25,27-28,41,46,49,55,58,64H,4-6,9,12-15,18,21-22,26,29-40,42-45,47-48,50-54,56-57,59-63H2,1-3H3/b10-7-,11-8-,19-16-,20-17-,25-23-,28-27-,41-24-,49-46-,58-55-. The van der Waals surface area contributed by atoms with Gasteiger partial charge in [0, 0.05) is 12.8 Å². The summed E-state index contributed by atoms with van der Waals surface area (Å²) in [5.41, 5.74) is 0. The second-order valence-electron chi connectivity index (χ2n) is 19.9. The van der Waals surface area contributed by atoms with Crippen molar-refractivity contribution in [3.8, 4) is 0 Å². The minimum atomic E-state index is -0.829. The van der Waals surface area contributed by atoms with E-state index in [0.717, 1.165) is 96.3 Å². The average Bonchev–Trinajstić information content (AvgIpc) is 3.39. The molecule has 0 radical (unpaired) electrons. The molecule has 0 saturated heterocycles. The van der Waals surface area contributed by atoms with Crippen LogP contribution >= 0.6 is 0 Å². The Labute approximate surface area is 450 Å². The molecule has 0 aromatic carbocycles. The Morgan fingerprint density at radius 1 is 0.301 bits per heavy atom. The molecule has 73 heavy (non-hydrogen) atoms. The molecule has 0 aliphatic heterocycles. The summed E-state index contributed by atoms with van der Waals surface area (Å²) in [5.74, 6) is -1.04. The summed E-state index contributed by atoms with van der Waals surface area (Å²) in [5, 5.41) is 0. The van der Waals surface area contributed by atoms with Crippen molar-refractivity contribution in [2.45, 2.75) is 284 Å². The minimum absolute atomic E-state index is 0.0974. The van der Waals surface area contributed by atoms with Crippen LogP contribution in [0.1, 0.15) is 278 Å². The summed E-state index contributed by atoms with van der Waals surface area (Å²) in [6, 6.07) is 0.